The molecular weight excluding hydrogens is 520 g/mol. The second-order valence-electron chi connectivity index (χ2n) is 14.0. The van der Waals surface area contributed by atoms with E-state index in [4.69, 9.17) is 14.6 Å². The molecule has 1 aromatic rings. The Bertz CT molecular complexity index is 946. The molecule has 236 valence electrons. The van der Waals surface area contributed by atoms with E-state index in [1.165, 1.54) is 108 Å². The standard InChI is InChI=1S/C38H60O4/c1-4-5-6-8-29-9-11-30(12-10-29)31-13-15-32(16-14-31)33-17-19-34(20-18-33)35-21-22-37(41-25-7-24-39)36(27-35)23-26-42-38(40)28(2)3/h21-22,27,29-34,39H,2,4-20,23-26H2,1,3H3. The summed E-state index contributed by atoms with van der Waals surface area (Å²) in [7, 11) is 0. The van der Waals surface area contributed by atoms with Gasteiger partial charge in [0.15, 0.2) is 0 Å². The minimum atomic E-state index is -0.341. The summed E-state index contributed by atoms with van der Waals surface area (Å²) in [5, 5.41) is 9.16. The molecule has 0 aromatic heterocycles. The fourth-order valence-electron chi connectivity index (χ4n) is 8.46. The van der Waals surface area contributed by atoms with Crippen LogP contribution in [-0.4, -0.2) is 30.9 Å². The monoisotopic (exact) mass is 580 g/mol. The number of aliphatic hydroxyl groups excluding tert-OH is 1. The zero-order valence-electron chi connectivity index (χ0n) is 26.9. The molecule has 0 radical (unpaired) electrons. The maximum absolute atomic E-state index is 11.9. The van der Waals surface area contributed by atoms with Crippen LogP contribution < -0.4 is 4.74 Å². The third-order valence-corrected chi connectivity index (χ3v) is 11.1. The van der Waals surface area contributed by atoms with Crippen LogP contribution in [0.2, 0.25) is 0 Å². The Hall–Kier alpha value is -1.81. The van der Waals surface area contributed by atoms with E-state index >= 15 is 0 Å². The minimum absolute atomic E-state index is 0.120. The third kappa shape index (κ3) is 9.86. The zero-order chi connectivity index (χ0) is 29.7. The van der Waals surface area contributed by atoms with Gasteiger partial charge in [0.25, 0.3) is 0 Å². The Labute approximate surface area is 257 Å². The summed E-state index contributed by atoms with van der Waals surface area (Å²) >= 11 is 0. The van der Waals surface area contributed by atoms with E-state index in [9.17, 15) is 4.79 Å². The first-order valence-electron chi connectivity index (χ1n) is 17.7. The van der Waals surface area contributed by atoms with Crippen LogP contribution in [0, 0.1) is 29.6 Å². The zero-order valence-corrected chi connectivity index (χ0v) is 26.9. The quantitative estimate of drug-likeness (QED) is 0.127. The normalized spacial score (nSPS) is 28.3. The largest absolute Gasteiger partial charge is 0.493 e. The molecule has 0 heterocycles. The van der Waals surface area contributed by atoms with E-state index in [2.05, 4.69) is 31.7 Å². The highest BCUT2D eigenvalue weighted by molar-refractivity contribution is 5.86. The Balaban J connectivity index is 1.23. The number of carbonyl (C=O) groups excluding carboxylic acids is 1. The molecule has 0 atom stereocenters. The van der Waals surface area contributed by atoms with Crippen molar-refractivity contribution in [3.63, 3.8) is 0 Å². The van der Waals surface area contributed by atoms with E-state index in [0.29, 0.717) is 37.5 Å². The van der Waals surface area contributed by atoms with Crippen LogP contribution in [0.3, 0.4) is 0 Å². The number of rotatable bonds is 15. The molecule has 0 spiro atoms. The van der Waals surface area contributed by atoms with E-state index in [0.717, 1.165) is 40.9 Å². The lowest BCUT2D eigenvalue weighted by Crippen LogP contribution is -2.29. The van der Waals surface area contributed by atoms with Crippen molar-refractivity contribution in [3.8, 4) is 5.75 Å². The van der Waals surface area contributed by atoms with Crippen molar-refractivity contribution in [2.24, 2.45) is 29.6 Å². The molecule has 42 heavy (non-hydrogen) atoms. The maximum atomic E-state index is 11.9. The molecule has 1 aromatic carbocycles. The Morgan fingerprint density at radius 1 is 0.833 bits per heavy atom. The highest BCUT2D eigenvalue weighted by atomic mass is 16.5. The molecule has 0 saturated heterocycles. The third-order valence-electron chi connectivity index (χ3n) is 11.1. The summed E-state index contributed by atoms with van der Waals surface area (Å²) in [5.41, 5.74) is 2.92. The van der Waals surface area contributed by atoms with Crippen molar-refractivity contribution >= 4 is 5.97 Å². The van der Waals surface area contributed by atoms with Crippen LogP contribution in [0.25, 0.3) is 0 Å². The number of aliphatic hydroxyl groups is 1. The molecule has 3 aliphatic carbocycles. The smallest absolute Gasteiger partial charge is 0.333 e. The summed E-state index contributed by atoms with van der Waals surface area (Å²) in [5.74, 6) is 6.05. The summed E-state index contributed by atoms with van der Waals surface area (Å²) in [4.78, 5) is 11.9. The van der Waals surface area contributed by atoms with Gasteiger partial charge in [-0.25, -0.2) is 4.79 Å². The Kier molecular flexibility index (Phi) is 13.8. The van der Waals surface area contributed by atoms with Crippen LogP contribution in [0.4, 0.5) is 0 Å². The lowest BCUT2D eigenvalue weighted by molar-refractivity contribution is -0.138. The average molecular weight is 581 g/mol. The van der Waals surface area contributed by atoms with Crippen LogP contribution in [0.1, 0.15) is 140 Å². The number of hydrogen-bond donors (Lipinski definition) is 1. The molecule has 0 aliphatic heterocycles. The van der Waals surface area contributed by atoms with Crippen molar-refractivity contribution in [1.29, 1.82) is 0 Å². The van der Waals surface area contributed by atoms with Crippen molar-refractivity contribution in [2.75, 3.05) is 19.8 Å². The Morgan fingerprint density at radius 3 is 2.00 bits per heavy atom. The number of esters is 1. The van der Waals surface area contributed by atoms with Gasteiger partial charge in [0, 0.05) is 25.0 Å². The number of ether oxygens (including phenoxy) is 2. The van der Waals surface area contributed by atoms with Gasteiger partial charge in [0.2, 0.25) is 0 Å². The number of carbonyl (C=O) groups is 1. The van der Waals surface area contributed by atoms with Crippen LogP contribution in [0.15, 0.2) is 30.4 Å². The van der Waals surface area contributed by atoms with Gasteiger partial charge in [-0.1, -0.05) is 64.2 Å². The van der Waals surface area contributed by atoms with Crippen molar-refractivity contribution in [3.05, 3.63) is 41.5 Å². The van der Waals surface area contributed by atoms with Gasteiger partial charge >= 0.3 is 5.97 Å². The topological polar surface area (TPSA) is 55.8 Å². The summed E-state index contributed by atoms with van der Waals surface area (Å²) in [6, 6.07) is 6.62. The number of hydrogen-bond acceptors (Lipinski definition) is 4. The van der Waals surface area contributed by atoms with Gasteiger partial charge < -0.3 is 14.6 Å². The van der Waals surface area contributed by atoms with Gasteiger partial charge in [-0.2, -0.15) is 0 Å². The van der Waals surface area contributed by atoms with Crippen LogP contribution >= 0.6 is 0 Å². The number of benzene rings is 1. The average Bonchev–Trinajstić information content (AvgIpc) is 3.02. The summed E-state index contributed by atoms with van der Waals surface area (Å²) in [6.07, 6.45) is 24.2. The molecule has 3 fully saturated rings. The van der Waals surface area contributed by atoms with E-state index < -0.39 is 0 Å². The molecule has 4 rings (SSSR count). The lowest BCUT2D eigenvalue weighted by Gasteiger charge is -2.41. The fraction of sp³-hybridized carbons (Fsp3) is 0.763. The van der Waals surface area contributed by atoms with Crippen molar-refractivity contribution in [1.82, 2.24) is 0 Å². The molecular formula is C38H60O4. The minimum Gasteiger partial charge on any atom is -0.493 e. The van der Waals surface area contributed by atoms with Gasteiger partial charge in [-0.05, 0) is 124 Å². The number of unbranched alkanes of at least 4 members (excludes halogenated alkanes) is 2. The fourth-order valence-corrected chi connectivity index (χ4v) is 8.46. The molecule has 3 saturated carbocycles. The Morgan fingerprint density at radius 2 is 1.43 bits per heavy atom. The predicted molar refractivity (Wildman–Crippen MR) is 173 cm³/mol. The summed E-state index contributed by atoms with van der Waals surface area (Å²) in [6.45, 7) is 8.60. The first kappa shape index (κ1) is 33.1. The van der Waals surface area contributed by atoms with Crippen LogP contribution in [0.5, 0.6) is 5.75 Å². The molecule has 0 unspecified atom stereocenters. The van der Waals surface area contributed by atoms with Crippen LogP contribution in [-0.2, 0) is 16.0 Å². The lowest BCUT2D eigenvalue weighted by atomic mass is 9.64. The molecule has 3 aliphatic rings. The highest BCUT2D eigenvalue weighted by Crippen LogP contribution is 2.47. The van der Waals surface area contributed by atoms with Gasteiger partial charge in [0.05, 0.1) is 13.2 Å². The predicted octanol–water partition coefficient (Wildman–Crippen LogP) is 9.58. The van der Waals surface area contributed by atoms with Crippen molar-refractivity contribution in [2.45, 2.75) is 135 Å². The second-order valence-corrected chi connectivity index (χ2v) is 14.0. The SMILES string of the molecule is C=C(C)C(=O)OCCc1cc(C2CCC(C3CCC(C4CCC(CCCCC)CC4)CC3)CC2)ccc1OCCCO. The molecule has 4 nitrogen and oxygen atoms in total. The van der Waals surface area contributed by atoms with Gasteiger partial charge in [-0.15, -0.1) is 0 Å². The van der Waals surface area contributed by atoms with E-state index in [1.54, 1.807) is 6.92 Å². The highest BCUT2D eigenvalue weighted by Gasteiger charge is 2.35. The first-order chi connectivity index (χ1) is 20.5. The summed E-state index contributed by atoms with van der Waals surface area (Å²) < 4.78 is 11.4. The van der Waals surface area contributed by atoms with E-state index in [1.807, 2.05) is 0 Å². The maximum Gasteiger partial charge on any atom is 0.333 e. The first-order valence-corrected chi connectivity index (χ1v) is 17.7. The van der Waals surface area contributed by atoms with Crippen molar-refractivity contribution < 1.29 is 19.4 Å². The van der Waals surface area contributed by atoms with Gasteiger partial charge in [0.1, 0.15) is 5.75 Å². The molecule has 4 heteroatoms. The molecule has 0 bridgehead atoms. The molecule has 0 amide bonds. The van der Waals surface area contributed by atoms with Gasteiger partial charge in [-0.3, -0.25) is 0 Å². The molecule has 1 N–H and O–H groups in total. The second kappa shape index (κ2) is 17.5. The van der Waals surface area contributed by atoms with E-state index in [-0.39, 0.29) is 12.6 Å².